The van der Waals surface area contributed by atoms with Gasteiger partial charge in [-0.15, -0.1) is 0 Å². The van der Waals surface area contributed by atoms with Gasteiger partial charge in [-0.25, -0.2) is 9.97 Å². The predicted octanol–water partition coefficient (Wildman–Crippen LogP) is 0.571. The van der Waals surface area contributed by atoms with E-state index in [1.807, 2.05) is 11.0 Å². The second kappa shape index (κ2) is 3.52. The summed E-state index contributed by atoms with van der Waals surface area (Å²) in [4.78, 5) is 25.6. The van der Waals surface area contributed by atoms with E-state index >= 15 is 0 Å². The van der Waals surface area contributed by atoms with Gasteiger partial charge in [-0.05, 0) is 18.6 Å². The standard InChI is InChI=1S/C12H12N4O2/c17-12(16-7-3-8(16)5-18-4-7)10-2-1-9-11(15-10)14-6-13-9/h1-2,6-8H,3-5H2,(H,13,14,15). The molecule has 6 heteroatoms. The van der Waals surface area contributed by atoms with Crippen molar-refractivity contribution in [1.82, 2.24) is 19.9 Å². The minimum atomic E-state index is -0.00977. The Labute approximate surface area is 103 Å². The molecule has 0 radical (unpaired) electrons. The lowest BCUT2D eigenvalue weighted by atomic mass is 9.91. The summed E-state index contributed by atoms with van der Waals surface area (Å²) in [7, 11) is 0. The SMILES string of the molecule is O=C(c1ccc2[nH]cnc2n1)N1C2COCC1C2. The highest BCUT2D eigenvalue weighted by Crippen LogP contribution is 2.32. The lowest BCUT2D eigenvalue weighted by molar-refractivity contribution is -0.104. The van der Waals surface area contributed by atoms with Gasteiger partial charge in [0.05, 0.1) is 37.1 Å². The van der Waals surface area contributed by atoms with Crippen molar-refractivity contribution in [3.63, 3.8) is 0 Å². The molecule has 0 saturated carbocycles. The quantitative estimate of drug-likeness (QED) is 0.796. The number of aromatic amines is 1. The number of imidazole rings is 1. The van der Waals surface area contributed by atoms with Gasteiger partial charge in [0.2, 0.25) is 0 Å². The van der Waals surface area contributed by atoms with Crippen molar-refractivity contribution in [1.29, 1.82) is 0 Å². The lowest BCUT2D eigenvalue weighted by Crippen LogP contribution is -2.65. The summed E-state index contributed by atoms with van der Waals surface area (Å²) in [5.41, 5.74) is 1.90. The summed E-state index contributed by atoms with van der Waals surface area (Å²) in [5.74, 6) is -0.00977. The number of H-pyrrole nitrogens is 1. The molecule has 1 amide bonds. The molecule has 2 saturated heterocycles. The van der Waals surface area contributed by atoms with E-state index in [0.29, 0.717) is 24.6 Å². The van der Waals surface area contributed by atoms with E-state index in [2.05, 4.69) is 15.0 Å². The van der Waals surface area contributed by atoms with Gasteiger partial charge in [-0.1, -0.05) is 0 Å². The lowest BCUT2D eigenvalue weighted by Gasteiger charge is -2.52. The Morgan fingerprint density at radius 2 is 2.22 bits per heavy atom. The maximum Gasteiger partial charge on any atom is 0.273 e. The Bertz CT molecular complexity index is 609. The Morgan fingerprint density at radius 1 is 1.39 bits per heavy atom. The number of fused-ring (bicyclic) bond motifs is 3. The molecule has 18 heavy (non-hydrogen) atoms. The van der Waals surface area contributed by atoms with E-state index in [9.17, 15) is 4.79 Å². The number of pyridine rings is 1. The number of morpholine rings is 1. The van der Waals surface area contributed by atoms with Gasteiger partial charge in [-0.2, -0.15) is 0 Å². The van der Waals surface area contributed by atoms with E-state index in [1.165, 1.54) is 0 Å². The number of nitrogens with one attached hydrogen (secondary N) is 1. The van der Waals surface area contributed by atoms with Crippen molar-refractivity contribution in [3.05, 3.63) is 24.2 Å². The van der Waals surface area contributed by atoms with Gasteiger partial charge in [0, 0.05) is 0 Å². The molecule has 4 rings (SSSR count). The predicted molar refractivity (Wildman–Crippen MR) is 63.1 cm³/mol. The number of ether oxygens (including phenoxy) is 1. The minimum Gasteiger partial charge on any atom is -0.377 e. The molecular formula is C12H12N4O2. The molecule has 2 aliphatic heterocycles. The molecule has 4 heterocycles. The third-order valence-electron chi connectivity index (χ3n) is 3.69. The van der Waals surface area contributed by atoms with Crippen molar-refractivity contribution in [2.45, 2.75) is 18.5 Å². The first-order valence-electron chi connectivity index (χ1n) is 6.03. The average molecular weight is 244 g/mol. The summed E-state index contributed by atoms with van der Waals surface area (Å²) < 4.78 is 5.37. The van der Waals surface area contributed by atoms with E-state index in [0.717, 1.165) is 11.9 Å². The van der Waals surface area contributed by atoms with Gasteiger partial charge < -0.3 is 14.6 Å². The fourth-order valence-corrected chi connectivity index (χ4v) is 2.74. The van der Waals surface area contributed by atoms with Gasteiger partial charge >= 0.3 is 0 Å². The number of carbonyl (C=O) groups excluding carboxylic acids is 1. The number of rotatable bonds is 1. The molecule has 2 fully saturated rings. The maximum atomic E-state index is 12.4. The van der Waals surface area contributed by atoms with Crippen LogP contribution >= 0.6 is 0 Å². The Kier molecular flexibility index (Phi) is 1.96. The molecule has 1 N–H and O–H groups in total. The third kappa shape index (κ3) is 1.29. The highest BCUT2D eigenvalue weighted by Gasteiger charge is 2.45. The molecule has 92 valence electrons. The molecule has 2 aliphatic rings. The molecule has 0 aliphatic carbocycles. The molecular weight excluding hydrogens is 232 g/mol. The highest BCUT2D eigenvalue weighted by molar-refractivity contribution is 5.95. The normalized spacial score (nSPS) is 26.1. The van der Waals surface area contributed by atoms with Gasteiger partial charge in [0.15, 0.2) is 5.65 Å². The zero-order valence-electron chi connectivity index (χ0n) is 9.67. The van der Waals surface area contributed by atoms with Gasteiger partial charge in [-0.3, -0.25) is 4.79 Å². The second-order valence-corrected chi connectivity index (χ2v) is 4.76. The van der Waals surface area contributed by atoms with E-state index in [4.69, 9.17) is 4.74 Å². The van der Waals surface area contributed by atoms with Crippen LogP contribution in [0.5, 0.6) is 0 Å². The van der Waals surface area contributed by atoms with Crippen molar-refractivity contribution in [2.75, 3.05) is 13.2 Å². The number of amides is 1. The van der Waals surface area contributed by atoms with Crippen molar-refractivity contribution < 1.29 is 9.53 Å². The summed E-state index contributed by atoms with van der Waals surface area (Å²) in [6.07, 6.45) is 2.63. The van der Waals surface area contributed by atoms with E-state index < -0.39 is 0 Å². The zero-order chi connectivity index (χ0) is 12.1. The fraction of sp³-hybridized carbons (Fsp3) is 0.417. The van der Waals surface area contributed by atoms with Crippen LogP contribution in [0.2, 0.25) is 0 Å². The monoisotopic (exact) mass is 244 g/mol. The van der Waals surface area contributed by atoms with E-state index in [1.54, 1.807) is 12.4 Å². The van der Waals surface area contributed by atoms with Crippen LogP contribution in [0.1, 0.15) is 16.9 Å². The van der Waals surface area contributed by atoms with Crippen LogP contribution in [0.25, 0.3) is 11.2 Å². The Hall–Kier alpha value is -1.95. The minimum absolute atomic E-state index is 0.00977. The number of nitrogens with zero attached hydrogens (tertiary/aromatic N) is 3. The number of carbonyl (C=O) groups is 1. The van der Waals surface area contributed by atoms with Crippen LogP contribution in [0.3, 0.4) is 0 Å². The third-order valence-corrected chi connectivity index (χ3v) is 3.69. The van der Waals surface area contributed by atoms with Gasteiger partial charge in [0.25, 0.3) is 5.91 Å². The molecule has 2 unspecified atom stereocenters. The summed E-state index contributed by atoms with van der Waals surface area (Å²) in [5, 5.41) is 0. The summed E-state index contributed by atoms with van der Waals surface area (Å²) in [6, 6.07) is 4.05. The van der Waals surface area contributed by atoms with Crippen molar-refractivity contribution in [3.8, 4) is 0 Å². The number of hydrogen-bond donors (Lipinski definition) is 1. The molecule has 0 aromatic carbocycles. The first-order valence-corrected chi connectivity index (χ1v) is 6.03. The molecule has 0 spiro atoms. The smallest absolute Gasteiger partial charge is 0.273 e. The largest absolute Gasteiger partial charge is 0.377 e. The highest BCUT2D eigenvalue weighted by atomic mass is 16.5. The first-order chi connectivity index (χ1) is 8.83. The first kappa shape index (κ1) is 10.0. The Balaban J connectivity index is 1.67. The van der Waals surface area contributed by atoms with Crippen LogP contribution in [-0.2, 0) is 4.74 Å². The molecule has 2 atom stereocenters. The van der Waals surface area contributed by atoms with Crippen LogP contribution in [0.15, 0.2) is 18.5 Å². The van der Waals surface area contributed by atoms with Crippen molar-refractivity contribution >= 4 is 17.1 Å². The second-order valence-electron chi connectivity index (χ2n) is 4.76. The summed E-state index contributed by atoms with van der Waals surface area (Å²) >= 11 is 0. The molecule has 2 aromatic heterocycles. The van der Waals surface area contributed by atoms with Gasteiger partial charge in [0.1, 0.15) is 5.69 Å². The molecule has 2 aromatic rings. The average Bonchev–Trinajstić information content (AvgIpc) is 2.86. The van der Waals surface area contributed by atoms with Crippen molar-refractivity contribution in [2.24, 2.45) is 0 Å². The van der Waals surface area contributed by atoms with Crippen LogP contribution < -0.4 is 0 Å². The van der Waals surface area contributed by atoms with E-state index in [-0.39, 0.29) is 18.0 Å². The molecule has 2 bridgehead atoms. The number of hydrogen-bond acceptors (Lipinski definition) is 4. The number of aromatic nitrogens is 3. The zero-order valence-corrected chi connectivity index (χ0v) is 9.67. The molecule has 6 nitrogen and oxygen atoms in total. The topological polar surface area (TPSA) is 71.1 Å². The maximum absolute atomic E-state index is 12.4. The van der Waals surface area contributed by atoms with Crippen LogP contribution in [0.4, 0.5) is 0 Å². The fourth-order valence-electron chi connectivity index (χ4n) is 2.74. The Morgan fingerprint density at radius 3 is 3.00 bits per heavy atom. The van der Waals surface area contributed by atoms with Crippen LogP contribution in [0, 0.1) is 0 Å². The summed E-state index contributed by atoms with van der Waals surface area (Å²) in [6.45, 7) is 1.29. The van der Waals surface area contributed by atoms with Crippen LogP contribution in [-0.4, -0.2) is 51.1 Å².